The molecule has 0 aliphatic heterocycles. The number of nitrogens with zero attached hydrogens (tertiary/aromatic N) is 1. The Bertz CT molecular complexity index is 266. The van der Waals surface area contributed by atoms with Crippen LogP contribution in [0, 0.1) is 0 Å². The van der Waals surface area contributed by atoms with Crippen molar-refractivity contribution in [3.8, 4) is 0 Å². The summed E-state index contributed by atoms with van der Waals surface area (Å²) in [6.45, 7) is 0.703. The number of hydrogen-bond donors (Lipinski definition) is 2. The summed E-state index contributed by atoms with van der Waals surface area (Å²) in [4.78, 5) is 21.9. The van der Waals surface area contributed by atoms with Gasteiger partial charge in [-0.05, 0) is 13.8 Å². The van der Waals surface area contributed by atoms with E-state index >= 15 is 0 Å². The fourth-order valence-electron chi connectivity index (χ4n) is 0.935. The first kappa shape index (κ1) is 14.5. The minimum absolute atomic E-state index is 0.517. The molecule has 0 aliphatic rings. The van der Waals surface area contributed by atoms with Crippen LogP contribution in [0.2, 0.25) is 0 Å². The Morgan fingerprint density at radius 3 is 2.19 bits per heavy atom. The zero-order chi connectivity index (χ0) is 12.9. The van der Waals surface area contributed by atoms with E-state index < -0.39 is 37.3 Å². The Kier molecular flexibility index (Phi) is 5.06. The van der Waals surface area contributed by atoms with Gasteiger partial charge < -0.3 is 15.3 Å². The molecule has 2 amide bonds. The van der Waals surface area contributed by atoms with Gasteiger partial charge in [-0.1, -0.05) is 0 Å². The van der Waals surface area contributed by atoms with Crippen LogP contribution in [0.25, 0.3) is 0 Å². The third-order valence-corrected chi connectivity index (χ3v) is 1.62. The van der Waals surface area contributed by atoms with E-state index in [0.717, 1.165) is 0 Å². The molecular formula is C8H13F3N2O3. The molecule has 0 saturated carbocycles. The van der Waals surface area contributed by atoms with E-state index in [1.165, 1.54) is 13.8 Å². The average molecular weight is 242 g/mol. The summed E-state index contributed by atoms with van der Waals surface area (Å²) in [5, 5.41) is 10.1. The van der Waals surface area contributed by atoms with Crippen molar-refractivity contribution in [2.75, 3.05) is 13.1 Å². The highest BCUT2D eigenvalue weighted by Gasteiger charge is 2.34. The van der Waals surface area contributed by atoms with Gasteiger partial charge in [0.2, 0.25) is 0 Å². The SMILES string of the molecule is CC(C)N(CC(F)(F)F)C(=O)NCC(=O)O. The summed E-state index contributed by atoms with van der Waals surface area (Å²) in [6.07, 6.45) is -4.51. The highest BCUT2D eigenvalue weighted by Crippen LogP contribution is 2.17. The number of nitrogens with one attached hydrogen (secondary N) is 1. The van der Waals surface area contributed by atoms with E-state index in [4.69, 9.17) is 5.11 Å². The Labute approximate surface area is 90.2 Å². The summed E-state index contributed by atoms with van der Waals surface area (Å²) in [6, 6.07) is -1.72. The molecule has 0 saturated heterocycles. The molecule has 94 valence electrons. The normalized spacial score (nSPS) is 11.4. The molecule has 0 fully saturated rings. The van der Waals surface area contributed by atoms with Gasteiger partial charge in [-0.25, -0.2) is 4.79 Å². The van der Waals surface area contributed by atoms with Crippen molar-refractivity contribution < 1.29 is 27.9 Å². The van der Waals surface area contributed by atoms with E-state index in [9.17, 15) is 22.8 Å². The molecule has 0 atom stereocenters. The topological polar surface area (TPSA) is 69.6 Å². The molecule has 0 bridgehead atoms. The number of amides is 2. The van der Waals surface area contributed by atoms with E-state index in [0.29, 0.717) is 4.90 Å². The summed E-state index contributed by atoms with van der Waals surface area (Å²) in [5.74, 6) is -1.32. The van der Waals surface area contributed by atoms with Crippen molar-refractivity contribution >= 4 is 12.0 Å². The molecule has 16 heavy (non-hydrogen) atoms. The molecule has 2 N–H and O–H groups in total. The number of carbonyl (C=O) groups excluding carboxylic acids is 1. The minimum Gasteiger partial charge on any atom is -0.480 e. The summed E-state index contributed by atoms with van der Waals surface area (Å²) in [5.41, 5.74) is 0. The monoisotopic (exact) mass is 242 g/mol. The zero-order valence-electron chi connectivity index (χ0n) is 8.84. The molecule has 0 aromatic rings. The minimum atomic E-state index is -4.51. The van der Waals surface area contributed by atoms with Gasteiger partial charge in [0.1, 0.15) is 13.1 Å². The number of aliphatic carboxylic acids is 1. The van der Waals surface area contributed by atoms with Crippen molar-refractivity contribution in [1.82, 2.24) is 10.2 Å². The average Bonchev–Trinajstić information content (AvgIpc) is 2.08. The fourth-order valence-corrected chi connectivity index (χ4v) is 0.935. The smallest absolute Gasteiger partial charge is 0.406 e. The highest BCUT2D eigenvalue weighted by atomic mass is 19.4. The van der Waals surface area contributed by atoms with Crippen LogP contribution in [0.5, 0.6) is 0 Å². The predicted octanol–water partition coefficient (Wildman–Crippen LogP) is 1.05. The first-order chi connectivity index (χ1) is 7.13. The molecule has 0 unspecified atom stereocenters. The Balaban J connectivity index is 4.42. The first-order valence-electron chi connectivity index (χ1n) is 4.46. The molecular weight excluding hydrogens is 229 g/mol. The number of hydrogen-bond acceptors (Lipinski definition) is 2. The standard InChI is InChI=1S/C8H13F3N2O3/c1-5(2)13(4-8(9,10)11)7(16)12-3-6(14)15/h5H,3-4H2,1-2H3,(H,12,16)(H,14,15). The van der Waals surface area contributed by atoms with Crippen LogP contribution >= 0.6 is 0 Å². The Hall–Kier alpha value is -1.47. The summed E-state index contributed by atoms with van der Waals surface area (Å²) >= 11 is 0. The maximum Gasteiger partial charge on any atom is 0.406 e. The number of carboxylic acids is 1. The third-order valence-electron chi connectivity index (χ3n) is 1.62. The predicted molar refractivity (Wildman–Crippen MR) is 48.9 cm³/mol. The lowest BCUT2D eigenvalue weighted by Crippen LogP contribution is -2.49. The van der Waals surface area contributed by atoms with Crippen LogP contribution < -0.4 is 5.32 Å². The third kappa shape index (κ3) is 6.10. The van der Waals surface area contributed by atoms with E-state index in [-0.39, 0.29) is 0 Å². The van der Waals surface area contributed by atoms with Crippen molar-refractivity contribution in [2.45, 2.75) is 26.1 Å². The number of carbonyl (C=O) groups is 2. The highest BCUT2D eigenvalue weighted by molar-refractivity contribution is 5.80. The van der Waals surface area contributed by atoms with Crippen molar-refractivity contribution in [1.29, 1.82) is 0 Å². The van der Waals surface area contributed by atoms with Crippen LogP contribution in [-0.4, -0.2) is 47.3 Å². The molecule has 0 spiro atoms. The van der Waals surface area contributed by atoms with Crippen molar-refractivity contribution in [3.63, 3.8) is 0 Å². The molecule has 0 radical (unpaired) electrons. The molecule has 0 aliphatic carbocycles. The largest absolute Gasteiger partial charge is 0.480 e. The molecule has 0 aromatic carbocycles. The lowest BCUT2D eigenvalue weighted by Gasteiger charge is -2.27. The second-order valence-corrected chi connectivity index (χ2v) is 3.39. The van der Waals surface area contributed by atoms with Gasteiger partial charge in [-0.3, -0.25) is 4.79 Å². The molecule has 0 rings (SSSR count). The van der Waals surface area contributed by atoms with E-state index in [2.05, 4.69) is 0 Å². The Morgan fingerprint density at radius 1 is 1.38 bits per heavy atom. The quantitative estimate of drug-likeness (QED) is 0.774. The van der Waals surface area contributed by atoms with E-state index in [1.54, 1.807) is 0 Å². The van der Waals surface area contributed by atoms with Crippen LogP contribution in [0.4, 0.5) is 18.0 Å². The molecule has 0 heterocycles. The van der Waals surface area contributed by atoms with Gasteiger partial charge in [0.25, 0.3) is 0 Å². The fraction of sp³-hybridized carbons (Fsp3) is 0.750. The van der Waals surface area contributed by atoms with Crippen LogP contribution in [0.1, 0.15) is 13.8 Å². The zero-order valence-corrected chi connectivity index (χ0v) is 8.84. The molecule has 8 heteroatoms. The van der Waals surface area contributed by atoms with E-state index in [1.807, 2.05) is 5.32 Å². The maximum absolute atomic E-state index is 12.1. The number of alkyl halides is 3. The van der Waals surface area contributed by atoms with Gasteiger partial charge in [-0.2, -0.15) is 13.2 Å². The van der Waals surface area contributed by atoms with Crippen LogP contribution in [0.15, 0.2) is 0 Å². The second-order valence-electron chi connectivity index (χ2n) is 3.39. The Morgan fingerprint density at radius 2 is 1.88 bits per heavy atom. The molecule has 0 aromatic heterocycles. The number of halogens is 3. The molecule has 5 nitrogen and oxygen atoms in total. The number of urea groups is 1. The van der Waals surface area contributed by atoms with Crippen LogP contribution in [0.3, 0.4) is 0 Å². The first-order valence-corrected chi connectivity index (χ1v) is 4.46. The number of rotatable bonds is 4. The number of carboxylic acid groups (broad SMARTS) is 1. The lowest BCUT2D eigenvalue weighted by atomic mass is 10.3. The summed E-state index contributed by atoms with van der Waals surface area (Å²) < 4.78 is 36.3. The second kappa shape index (κ2) is 5.57. The van der Waals surface area contributed by atoms with Gasteiger partial charge in [0.15, 0.2) is 0 Å². The van der Waals surface area contributed by atoms with Crippen molar-refractivity contribution in [3.05, 3.63) is 0 Å². The van der Waals surface area contributed by atoms with Crippen LogP contribution in [-0.2, 0) is 4.79 Å². The van der Waals surface area contributed by atoms with Gasteiger partial charge in [0.05, 0.1) is 0 Å². The lowest BCUT2D eigenvalue weighted by molar-refractivity contribution is -0.142. The van der Waals surface area contributed by atoms with Crippen molar-refractivity contribution in [2.24, 2.45) is 0 Å². The van der Waals surface area contributed by atoms with Gasteiger partial charge >= 0.3 is 18.2 Å². The van der Waals surface area contributed by atoms with Gasteiger partial charge in [0, 0.05) is 6.04 Å². The summed E-state index contributed by atoms with van der Waals surface area (Å²) in [7, 11) is 0. The van der Waals surface area contributed by atoms with Gasteiger partial charge in [-0.15, -0.1) is 0 Å². The maximum atomic E-state index is 12.1.